The molecule has 1 aromatic carbocycles. The van der Waals surface area contributed by atoms with Crippen LogP contribution in [-0.4, -0.2) is 19.3 Å². The van der Waals surface area contributed by atoms with Gasteiger partial charge in [0.05, 0.1) is 19.8 Å². The van der Waals surface area contributed by atoms with Crippen LogP contribution in [0.15, 0.2) is 18.2 Å². The van der Waals surface area contributed by atoms with Crippen LogP contribution in [0, 0.1) is 11.8 Å². The fraction of sp³-hybridized carbons (Fsp3) is 0.647. The Morgan fingerprint density at radius 2 is 1.75 bits per heavy atom. The molecule has 1 N–H and O–H groups in total. The Morgan fingerprint density at radius 1 is 1.15 bits per heavy atom. The smallest absolute Gasteiger partial charge is 0.122 e. The number of aliphatic hydroxyl groups is 1. The van der Waals surface area contributed by atoms with Crippen LogP contribution in [0.4, 0.5) is 0 Å². The molecule has 2 unspecified atom stereocenters. The Labute approximate surface area is 121 Å². The van der Waals surface area contributed by atoms with Crippen LogP contribution >= 0.6 is 0 Å². The van der Waals surface area contributed by atoms with E-state index < -0.39 is 5.60 Å². The van der Waals surface area contributed by atoms with Crippen molar-refractivity contribution < 1.29 is 14.6 Å². The van der Waals surface area contributed by atoms with Gasteiger partial charge in [-0.25, -0.2) is 0 Å². The van der Waals surface area contributed by atoms with Gasteiger partial charge in [0.25, 0.3) is 0 Å². The van der Waals surface area contributed by atoms with Gasteiger partial charge in [0.2, 0.25) is 0 Å². The fourth-order valence-corrected chi connectivity index (χ4v) is 3.20. The van der Waals surface area contributed by atoms with Gasteiger partial charge in [-0.3, -0.25) is 0 Å². The van der Waals surface area contributed by atoms with Gasteiger partial charge in [-0.1, -0.05) is 13.8 Å². The third-order valence-electron chi connectivity index (χ3n) is 4.60. The molecule has 1 aliphatic rings. The molecule has 20 heavy (non-hydrogen) atoms. The van der Waals surface area contributed by atoms with Gasteiger partial charge in [0.15, 0.2) is 0 Å². The Hall–Kier alpha value is -1.22. The van der Waals surface area contributed by atoms with Gasteiger partial charge in [0, 0.05) is 6.07 Å². The summed E-state index contributed by atoms with van der Waals surface area (Å²) in [5.41, 5.74) is 0.161. The first-order valence-electron chi connectivity index (χ1n) is 7.44. The van der Waals surface area contributed by atoms with Crippen LogP contribution in [0.1, 0.15) is 45.1 Å². The highest BCUT2D eigenvalue weighted by Crippen LogP contribution is 2.44. The molecular weight excluding hydrogens is 252 g/mol. The summed E-state index contributed by atoms with van der Waals surface area (Å²) in [5, 5.41) is 11.1. The normalized spacial score (nSPS) is 26.6. The van der Waals surface area contributed by atoms with Gasteiger partial charge in [-0.15, -0.1) is 0 Å². The van der Waals surface area contributed by atoms with E-state index in [2.05, 4.69) is 13.8 Å². The first-order chi connectivity index (χ1) is 9.48. The van der Waals surface area contributed by atoms with Crippen molar-refractivity contribution >= 4 is 0 Å². The van der Waals surface area contributed by atoms with Crippen molar-refractivity contribution in [2.24, 2.45) is 11.8 Å². The largest absolute Gasteiger partial charge is 0.497 e. The number of hydrogen-bond acceptors (Lipinski definition) is 3. The van der Waals surface area contributed by atoms with Gasteiger partial charge in [-0.05, 0) is 55.2 Å². The van der Waals surface area contributed by atoms with E-state index in [1.54, 1.807) is 14.2 Å². The van der Waals surface area contributed by atoms with E-state index in [1.807, 2.05) is 18.2 Å². The second kappa shape index (κ2) is 6.04. The summed E-state index contributed by atoms with van der Waals surface area (Å²) < 4.78 is 10.6. The van der Waals surface area contributed by atoms with E-state index >= 15 is 0 Å². The molecular formula is C17H26O3. The van der Waals surface area contributed by atoms with Gasteiger partial charge >= 0.3 is 0 Å². The first-order valence-corrected chi connectivity index (χ1v) is 7.44. The Morgan fingerprint density at radius 3 is 2.25 bits per heavy atom. The van der Waals surface area contributed by atoms with E-state index in [0.717, 1.165) is 36.3 Å². The van der Waals surface area contributed by atoms with Gasteiger partial charge in [0.1, 0.15) is 11.5 Å². The van der Waals surface area contributed by atoms with E-state index in [1.165, 1.54) is 6.42 Å². The number of ether oxygens (including phenoxy) is 2. The lowest BCUT2D eigenvalue weighted by Gasteiger charge is -2.39. The van der Waals surface area contributed by atoms with Crippen molar-refractivity contribution in [1.82, 2.24) is 0 Å². The topological polar surface area (TPSA) is 38.7 Å². The summed E-state index contributed by atoms with van der Waals surface area (Å²) in [6.45, 7) is 4.48. The third kappa shape index (κ3) is 3.09. The molecule has 1 fully saturated rings. The Balaban J connectivity index is 2.33. The summed E-state index contributed by atoms with van der Waals surface area (Å²) >= 11 is 0. The second-order valence-corrected chi connectivity index (χ2v) is 6.23. The summed E-state index contributed by atoms with van der Waals surface area (Å²) in [6.07, 6.45) is 3.91. The summed E-state index contributed by atoms with van der Waals surface area (Å²) in [6, 6.07) is 5.71. The number of hydrogen-bond donors (Lipinski definition) is 1. The Kier molecular flexibility index (Phi) is 4.59. The summed E-state index contributed by atoms with van der Waals surface area (Å²) in [5.74, 6) is 2.65. The van der Waals surface area contributed by atoms with Crippen LogP contribution in [0.3, 0.4) is 0 Å². The molecule has 3 heteroatoms. The molecule has 0 bridgehead atoms. The highest BCUT2D eigenvalue weighted by atomic mass is 16.5. The van der Waals surface area contributed by atoms with Crippen LogP contribution in [0.2, 0.25) is 0 Å². The van der Waals surface area contributed by atoms with Crippen LogP contribution < -0.4 is 9.47 Å². The van der Waals surface area contributed by atoms with E-state index in [9.17, 15) is 5.11 Å². The van der Waals surface area contributed by atoms with Crippen molar-refractivity contribution in [3.63, 3.8) is 0 Å². The number of methoxy groups -OCH3 is 2. The zero-order valence-electron chi connectivity index (χ0n) is 13.0. The number of rotatable bonds is 4. The minimum absolute atomic E-state index is 0.575. The summed E-state index contributed by atoms with van der Waals surface area (Å²) in [7, 11) is 3.28. The lowest BCUT2D eigenvalue weighted by atomic mass is 9.71. The summed E-state index contributed by atoms with van der Waals surface area (Å²) in [4.78, 5) is 0. The highest BCUT2D eigenvalue weighted by Gasteiger charge is 2.37. The van der Waals surface area contributed by atoms with E-state index in [-0.39, 0.29) is 0 Å². The molecule has 0 spiro atoms. The standard InChI is InChI=1S/C17H26O3/c1-12(2)13-6-5-7-17(18,11-13)14-8-15(19-3)10-16(9-14)20-4/h8-10,12-13,18H,5-7,11H2,1-4H3. The highest BCUT2D eigenvalue weighted by molar-refractivity contribution is 5.41. The predicted octanol–water partition coefficient (Wildman–Crippen LogP) is 3.74. The van der Waals surface area contributed by atoms with Crippen LogP contribution in [0.25, 0.3) is 0 Å². The maximum atomic E-state index is 11.1. The van der Waals surface area contributed by atoms with Crippen molar-refractivity contribution in [2.45, 2.75) is 45.1 Å². The average molecular weight is 278 g/mol. The maximum Gasteiger partial charge on any atom is 0.122 e. The molecule has 0 heterocycles. The molecule has 0 radical (unpaired) electrons. The zero-order chi connectivity index (χ0) is 14.8. The van der Waals surface area contributed by atoms with Gasteiger partial charge < -0.3 is 14.6 Å². The molecule has 0 aliphatic heterocycles. The third-order valence-corrected chi connectivity index (χ3v) is 4.60. The van der Waals surface area contributed by atoms with E-state index in [4.69, 9.17) is 9.47 Å². The van der Waals surface area contributed by atoms with Crippen molar-refractivity contribution in [3.8, 4) is 11.5 Å². The molecule has 0 aromatic heterocycles. The average Bonchev–Trinajstić information content (AvgIpc) is 2.46. The molecule has 0 saturated heterocycles. The molecule has 112 valence electrons. The van der Waals surface area contributed by atoms with Crippen LogP contribution in [-0.2, 0) is 5.60 Å². The molecule has 2 atom stereocenters. The van der Waals surface area contributed by atoms with Crippen molar-refractivity contribution in [3.05, 3.63) is 23.8 Å². The van der Waals surface area contributed by atoms with Crippen molar-refractivity contribution in [2.75, 3.05) is 14.2 Å². The maximum absolute atomic E-state index is 11.1. The van der Waals surface area contributed by atoms with Gasteiger partial charge in [-0.2, -0.15) is 0 Å². The number of benzene rings is 1. The Bertz CT molecular complexity index is 433. The minimum atomic E-state index is -0.755. The molecule has 3 nitrogen and oxygen atoms in total. The second-order valence-electron chi connectivity index (χ2n) is 6.23. The molecule has 0 amide bonds. The lowest BCUT2D eigenvalue weighted by Crippen LogP contribution is -2.34. The quantitative estimate of drug-likeness (QED) is 0.912. The lowest BCUT2D eigenvalue weighted by molar-refractivity contribution is -0.0298. The molecule has 1 aliphatic carbocycles. The SMILES string of the molecule is COc1cc(OC)cc(C2(O)CCCC(C(C)C)C2)c1. The monoisotopic (exact) mass is 278 g/mol. The van der Waals surface area contributed by atoms with E-state index in [0.29, 0.717) is 11.8 Å². The predicted molar refractivity (Wildman–Crippen MR) is 80.2 cm³/mol. The molecule has 1 aromatic rings. The molecule has 2 rings (SSSR count). The first kappa shape index (κ1) is 15.2. The molecule has 1 saturated carbocycles. The zero-order valence-corrected chi connectivity index (χ0v) is 13.0. The fourth-order valence-electron chi connectivity index (χ4n) is 3.20. The van der Waals surface area contributed by atoms with Crippen molar-refractivity contribution in [1.29, 1.82) is 0 Å². The minimum Gasteiger partial charge on any atom is -0.497 e. The van der Waals surface area contributed by atoms with Crippen LogP contribution in [0.5, 0.6) is 11.5 Å².